The van der Waals surface area contributed by atoms with Gasteiger partial charge in [-0.15, -0.1) is 0 Å². The van der Waals surface area contributed by atoms with Crippen molar-refractivity contribution in [1.82, 2.24) is 9.97 Å². The lowest BCUT2D eigenvalue weighted by Gasteiger charge is -2.10. The smallest absolute Gasteiger partial charge is 0.263 e. The minimum absolute atomic E-state index is 0.0458. The van der Waals surface area contributed by atoms with Crippen LogP contribution in [0.1, 0.15) is 5.56 Å². The average molecular weight is 434 g/mol. The minimum atomic E-state index is -3.92. The standard InChI is InChI=1S/C18H18N4O5S2/c1-27-18-11-17(19-13-20-18)22-29(25,26)16-9-7-15(8-10-16)21-28(23,24)12-14-5-3-2-4-6-14/h2-11,13,21H,12H2,1H3,(H,19,20,22). The number of nitrogens with zero attached hydrogens (tertiary/aromatic N) is 2. The molecule has 11 heteroatoms. The Morgan fingerprint density at radius 2 is 1.59 bits per heavy atom. The quantitative estimate of drug-likeness (QED) is 0.556. The Morgan fingerprint density at radius 3 is 2.24 bits per heavy atom. The van der Waals surface area contributed by atoms with Gasteiger partial charge in [0, 0.05) is 11.8 Å². The number of aromatic nitrogens is 2. The summed E-state index contributed by atoms with van der Waals surface area (Å²) >= 11 is 0. The predicted molar refractivity (Wildman–Crippen MR) is 109 cm³/mol. The van der Waals surface area contributed by atoms with Crippen molar-refractivity contribution in [2.45, 2.75) is 10.6 Å². The van der Waals surface area contributed by atoms with Gasteiger partial charge in [0.25, 0.3) is 10.0 Å². The molecule has 2 aromatic carbocycles. The molecule has 0 atom stereocenters. The van der Waals surface area contributed by atoms with Crippen LogP contribution in [0.15, 0.2) is 71.9 Å². The second-order valence-corrected chi connectivity index (χ2v) is 9.33. The SMILES string of the molecule is COc1cc(NS(=O)(=O)c2ccc(NS(=O)(=O)Cc3ccccc3)cc2)ncn1. The fourth-order valence-electron chi connectivity index (χ4n) is 2.41. The van der Waals surface area contributed by atoms with Crippen molar-refractivity contribution in [3.63, 3.8) is 0 Å². The van der Waals surface area contributed by atoms with Gasteiger partial charge in [0.15, 0.2) is 0 Å². The molecule has 29 heavy (non-hydrogen) atoms. The van der Waals surface area contributed by atoms with Gasteiger partial charge in [-0.3, -0.25) is 9.44 Å². The van der Waals surface area contributed by atoms with Gasteiger partial charge >= 0.3 is 0 Å². The number of benzene rings is 2. The van der Waals surface area contributed by atoms with E-state index in [2.05, 4.69) is 19.4 Å². The Kier molecular flexibility index (Phi) is 5.99. The zero-order valence-corrected chi connectivity index (χ0v) is 16.9. The number of nitrogens with one attached hydrogen (secondary N) is 2. The number of hydrogen-bond donors (Lipinski definition) is 2. The van der Waals surface area contributed by atoms with Gasteiger partial charge in [-0.1, -0.05) is 30.3 Å². The zero-order valence-electron chi connectivity index (χ0n) is 15.3. The summed E-state index contributed by atoms with van der Waals surface area (Å²) in [5, 5.41) is 0. The summed E-state index contributed by atoms with van der Waals surface area (Å²) in [6.07, 6.45) is 1.17. The Hall–Kier alpha value is -3.18. The van der Waals surface area contributed by atoms with Crippen molar-refractivity contribution in [3.05, 3.63) is 72.6 Å². The van der Waals surface area contributed by atoms with Gasteiger partial charge in [-0.2, -0.15) is 0 Å². The van der Waals surface area contributed by atoms with Crippen LogP contribution in [0.2, 0.25) is 0 Å². The predicted octanol–water partition coefficient (Wildman–Crippen LogP) is 2.23. The molecule has 0 aliphatic carbocycles. The molecule has 0 saturated carbocycles. The molecule has 0 amide bonds. The topological polar surface area (TPSA) is 127 Å². The third-order valence-electron chi connectivity index (χ3n) is 3.73. The van der Waals surface area contributed by atoms with E-state index >= 15 is 0 Å². The van der Waals surface area contributed by atoms with Gasteiger partial charge in [-0.25, -0.2) is 26.8 Å². The Balaban J connectivity index is 1.71. The second kappa shape index (κ2) is 8.45. The first kappa shape index (κ1) is 20.6. The highest BCUT2D eigenvalue weighted by atomic mass is 32.2. The molecule has 0 aliphatic heterocycles. The highest BCUT2D eigenvalue weighted by Gasteiger charge is 2.17. The number of rotatable bonds is 8. The maximum absolute atomic E-state index is 12.5. The molecule has 1 aromatic heterocycles. The lowest BCUT2D eigenvalue weighted by atomic mass is 10.2. The van der Waals surface area contributed by atoms with Crippen molar-refractivity contribution in [2.24, 2.45) is 0 Å². The summed E-state index contributed by atoms with van der Waals surface area (Å²) < 4.78 is 59.2. The van der Waals surface area contributed by atoms with Crippen molar-refractivity contribution < 1.29 is 21.6 Å². The van der Waals surface area contributed by atoms with E-state index in [4.69, 9.17) is 4.74 Å². The molecule has 152 valence electrons. The van der Waals surface area contributed by atoms with Gasteiger partial charge < -0.3 is 4.74 Å². The van der Waals surface area contributed by atoms with Gasteiger partial charge in [0.2, 0.25) is 15.9 Å². The molecule has 3 aromatic rings. The van der Waals surface area contributed by atoms with Crippen LogP contribution >= 0.6 is 0 Å². The maximum Gasteiger partial charge on any atom is 0.263 e. The second-order valence-electron chi connectivity index (χ2n) is 5.92. The fraction of sp³-hybridized carbons (Fsp3) is 0.111. The van der Waals surface area contributed by atoms with Crippen LogP contribution in [0.25, 0.3) is 0 Å². The van der Waals surface area contributed by atoms with Crippen LogP contribution < -0.4 is 14.2 Å². The van der Waals surface area contributed by atoms with Crippen LogP contribution in [0.5, 0.6) is 5.88 Å². The molecule has 0 unspecified atom stereocenters. The number of hydrogen-bond acceptors (Lipinski definition) is 7. The third kappa shape index (κ3) is 5.65. The molecule has 9 nitrogen and oxygen atoms in total. The van der Waals surface area contributed by atoms with E-state index in [1.165, 1.54) is 43.8 Å². The van der Waals surface area contributed by atoms with Crippen molar-refractivity contribution in [3.8, 4) is 5.88 Å². The molecule has 0 saturated heterocycles. The van der Waals surface area contributed by atoms with Gasteiger partial charge in [0.1, 0.15) is 12.1 Å². The summed E-state index contributed by atoms with van der Waals surface area (Å²) in [5.74, 6) is 0.0655. The Bertz CT molecular complexity index is 1180. The van der Waals surface area contributed by atoms with E-state index in [0.29, 0.717) is 5.56 Å². The molecular weight excluding hydrogens is 416 g/mol. The zero-order chi connectivity index (χ0) is 20.9. The third-order valence-corrected chi connectivity index (χ3v) is 6.36. The van der Waals surface area contributed by atoms with Crippen molar-refractivity contribution in [2.75, 3.05) is 16.6 Å². The van der Waals surface area contributed by atoms with Gasteiger partial charge in [0.05, 0.1) is 17.8 Å². The summed E-state index contributed by atoms with van der Waals surface area (Å²) in [6.45, 7) is 0. The molecule has 0 aliphatic rings. The summed E-state index contributed by atoms with van der Waals surface area (Å²) in [4.78, 5) is 7.58. The lowest BCUT2D eigenvalue weighted by Crippen LogP contribution is -2.16. The fourth-order valence-corrected chi connectivity index (χ4v) is 4.61. The summed E-state index contributed by atoms with van der Waals surface area (Å²) in [6, 6.07) is 15.4. The number of sulfonamides is 2. The van der Waals surface area contributed by atoms with Crippen LogP contribution in [0.4, 0.5) is 11.5 Å². The summed E-state index contributed by atoms with van der Waals surface area (Å²) in [7, 11) is -6.16. The Labute approximate surface area is 168 Å². The molecule has 1 heterocycles. The van der Waals surface area contributed by atoms with E-state index in [-0.39, 0.29) is 28.0 Å². The van der Waals surface area contributed by atoms with E-state index in [1.807, 2.05) is 0 Å². The van der Waals surface area contributed by atoms with Crippen molar-refractivity contribution >= 4 is 31.6 Å². The first-order valence-corrected chi connectivity index (χ1v) is 11.4. The molecule has 0 fully saturated rings. The molecule has 0 bridgehead atoms. The largest absolute Gasteiger partial charge is 0.481 e. The number of ether oxygens (including phenoxy) is 1. The summed E-state index contributed by atoms with van der Waals surface area (Å²) in [5.41, 5.74) is 0.896. The molecule has 0 radical (unpaired) electrons. The highest BCUT2D eigenvalue weighted by molar-refractivity contribution is 7.92. The average Bonchev–Trinajstić information content (AvgIpc) is 2.68. The van der Waals surface area contributed by atoms with E-state index in [9.17, 15) is 16.8 Å². The van der Waals surface area contributed by atoms with E-state index < -0.39 is 20.0 Å². The molecule has 0 spiro atoms. The normalized spacial score (nSPS) is 11.6. The molecule has 2 N–H and O–H groups in total. The van der Waals surface area contributed by atoms with Crippen LogP contribution in [0.3, 0.4) is 0 Å². The first-order valence-electron chi connectivity index (χ1n) is 8.31. The van der Waals surface area contributed by atoms with Crippen molar-refractivity contribution in [1.29, 1.82) is 0 Å². The molecular formula is C18H18N4O5S2. The van der Waals surface area contributed by atoms with E-state index in [0.717, 1.165) is 0 Å². The molecule has 3 rings (SSSR count). The Morgan fingerprint density at radius 1 is 0.897 bits per heavy atom. The highest BCUT2D eigenvalue weighted by Crippen LogP contribution is 2.20. The lowest BCUT2D eigenvalue weighted by molar-refractivity contribution is 0.397. The van der Waals surface area contributed by atoms with Crippen LogP contribution in [-0.4, -0.2) is 33.9 Å². The maximum atomic E-state index is 12.5. The van der Waals surface area contributed by atoms with Crippen LogP contribution in [-0.2, 0) is 25.8 Å². The van der Waals surface area contributed by atoms with Gasteiger partial charge in [-0.05, 0) is 29.8 Å². The first-order chi connectivity index (χ1) is 13.8. The van der Waals surface area contributed by atoms with E-state index in [1.54, 1.807) is 30.3 Å². The van der Waals surface area contributed by atoms with Crippen LogP contribution in [0, 0.1) is 0 Å². The number of methoxy groups -OCH3 is 1. The minimum Gasteiger partial charge on any atom is -0.481 e. The monoisotopic (exact) mass is 434 g/mol. The number of anilines is 2.